The van der Waals surface area contributed by atoms with Gasteiger partial charge >= 0.3 is 0 Å². The maximum atomic E-state index is 11.8. The fourth-order valence-corrected chi connectivity index (χ4v) is 2.85. The minimum Gasteiger partial charge on any atom is -0.353 e. The first-order valence-corrected chi connectivity index (χ1v) is 9.61. The molecule has 1 aliphatic heterocycles. The van der Waals surface area contributed by atoms with Crippen LogP contribution in [0.2, 0.25) is 0 Å². The van der Waals surface area contributed by atoms with Crippen LogP contribution in [0.5, 0.6) is 0 Å². The van der Waals surface area contributed by atoms with E-state index < -0.39 is 0 Å². The topological polar surface area (TPSA) is 60.0 Å². The van der Waals surface area contributed by atoms with E-state index >= 15 is 0 Å². The van der Waals surface area contributed by atoms with E-state index in [1.165, 1.54) is 31.5 Å². The first-order valence-electron chi connectivity index (χ1n) is 9.61. The minimum atomic E-state index is 0. The molecule has 0 atom stereocenters. The molecule has 1 aliphatic rings. The summed E-state index contributed by atoms with van der Waals surface area (Å²) in [6.45, 7) is 10.7. The SMILES string of the molecule is C=C(C)CNC(=NCc1ccc(CN2CCCC2)cc1)NCC(=O)N(C)C.I. The summed E-state index contributed by atoms with van der Waals surface area (Å²) in [6.07, 6.45) is 2.63. The Morgan fingerprint density at radius 1 is 1.11 bits per heavy atom. The van der Waals surface area contributed by atoms with E-state index in [0.717, 1.165) is 17.7 Å². The van der Waals surface area contributed by atoms with Crippen LogP contribution in [0.1, 0.15) is 30.9 Å². The van der Waals surface area contributed by atoms with Crippen molar-refractivity contribution in [3.8, 4) is 0 Å². The van der Waals surface area contributed by atoms with E-state index in [1.54, 1.807) is 19.0 Å². The standard InChI is InChI=1S/C21H33N5O.HI/c1-17(2)13-22-21(24-15-20(27)25(3)4)23-14-18-7-9-19(10-8-18)16-26-11-5-6-12-26;/h7-10H,1,5-6,11-16H2,2-4H3,(H2,22,23,24);1H. The second-order valence-electron chi connectivity index (χ2n) is 7.42. The summed E-state index contributed by atoms with van der Waals surface area (Å²) in [6, 6.07) is 8.65. The van der Waals surface area contributed by atoms with E-state index in [1.807, 2.05) is 6.92 Å². The molecule has 2 rings (SSSR count). The molecule has 0 unspecified atom stereocenters. The zero-order valence-corrected chi connectivity index (χ0v) is 19.7. The number of halogens is 1. The Bertz CT molecular complexity index is 651. The van der Waals surface area contributed by atoms with Crippen molar-refractivity contribution in [1.82, 2.24) is 20.4 Å². The van der Waals surface area contributed by atoms with Gasteiger partial charge in [0.25, 0.3) is 0 Å². The fourth-order valence-electron chi connectivity index (χ4n) is 2.85. The van der Waals surface area contributed by atoms with Crippen LogP contribution in [0.4, 0.5) is 0 Å². The smallest absolute Gasteiger partial charge is 0.241 e. The Balaban J connectivity index is 0.00000392. The molecule has 156 valence electrons. The second-order valence-corrected chi connectivity index (χ2v) is 7.42. The number of carbonyl (C=O) groups excluding carboxylic acids is 1. The van der Waals surface area contributed by atoms with Crippen LogP contribution < -0.4 is 10.6 Å². The summed E-state index contributed by atoms with van der Waals surface area (Å²) in [7, 11) is 3.48. The van der Waals surface area contributed by atoms with Crippen LogP contribution in [-0.2, 0) is 17.9 Å². The minimum absolute atomic E-state index is 0. The number of likely N-dealkylation sites (tertiary alicyclic amines) is 1. The largest absolute Gasteiger partial charge is 0.353 e. The summed E-state index contributed by atoms with van der Waals surface area (Å²) in [5, 5.41) is 6.29. The van der Waals surface area contributed by atoms with Gasteiger partial charge in [-0.1, -0.05) is 36.4 Å². The summed E-state index contributed by atoms with van der Waals surface area (Å²) in [4.78, 5) is 20.5. The van der Waals surface area contributed by atoms with Gasteiger partial charge in [-0.15, -0.1) is 24.0 Å². The predicted molar refractivity (Wildman–Crippen MR) is 127 cm³/mol. The molecular formula is C21H34IN5O. The molecule has 0 saturated carbocycles. The lowest BCUT2D eigenvalue weighted by Gasteiger charge is -2.15. The quantitative estimate of drug-likeness (QED) is 0.250. The number of hydrogen-bond donors (Lipinski definition) is 2. The normalized spacial score (nSPS) is 14.3. The third-order valence-corrected chi connectivity index (χ3v) is 4.51. The van der Waals surface area contributed by atoms with Crippen LogP contribution in [0.3, 0.4) is 0 Å². The molecule has 0 spiro atoms. The number of hydrogen-bond acceptors (Lipinski definition) is 3. The van der Waals surface area contributed by atoms with Crippen molar-refractivity contribution in [2.75, 3.05) is 40.3 Å². The number of likely N-dealkylation sites (N-methyl/N-ethyl adjacent to an activating group) is 1. The monoisotopic (exact) mass is 499 g/mol. The number of aliphatic imine (C=N–C) groups is 1. The molecule has 7 heteroatoms. The van der Waals surface area contributed by atoms with E-state index in [0.29, 0.717) is 19.0 Å². The van der Waals surface area contributed by atoms with Crippen molar-refractivity contribution in [1.29, 1.82) is 0 Å². The number of guanidine groups is 1. The van der Waals surface area contributed by atoms with Crippen LogP contribution in [0.15, 0.2) is 41.4 Å². The van der Waals surface area contributed by atoms with Crippen molar-refractivity contribution in [2.45, 2.75) is 32.9 Å². The van der Waals surface area contributed by atoms with Gasteiger partial charge in [-0.3, -0.25) is 9.69 Å². The van der Waals surface area contributed by atoms with Gasteiger partial charge in [0, 0.05) is 27.2 Å². The molecule has 1 fully saturated rings. The molecule has 6 nitrogen and oxygen atoms in total. The highest BCUT2D eigenvalue weighted by molar-refractivity contribution is 14.0. The van der Waals surface area contributed by atoms with Gasteiger partial charge in [0.05, 0.1) is 13.1 Å². The zero-order chi connectivity index (χ0) is 19.6. The average Bonchev–Trinajstić information content (AvgIpc) is 3.14. The number of rotatable bonds is 8. The molecule has 0 bridgehead atoms. The van der Waals surface area contributed by atoms with Crippen LogP contribution in [-0.4, -0.2) is 61.9 Å². The van der Waals surface area contributed by atoms with E-state index in [4.69, 9.17) is 0 Å². The van der Waals surface area contributed by atoms with Gasteiger partial charge < -0.3 is 15.5 Å². The van der Waals surface area contributed by atoms with Gasteiger partial charge in [-0.2, -0.15) is 0 Å². The molecule has 1 saturated heterocycles. The van der Waals surface area contributed by atoms with Gasteiger partial charge in [-0.25, -0.2) is 4.99 Å². The highest BCUT2D eigenvalue weighted by Crippen LogP contribution is 2.13. The molecule has 2 N–H and O–H groups in total. The van der Waals surface area contributed by atoms with Crippen molar-refractivity contribution < 1.29 is 4.79 Å². The summed E-state index contributed by atoms with van der Waals surface area (Å²) < 4.78 is 0. The van der Waals surface area contributed by atoms with Crippen LogP contribution >= 0.6 is 24.0 Å². The Labute approximate surface area is 186 Å². The molecule has 0 aliphatic carbocycles. The van der Waals surface area contributed by atoms with Crippen LogP contribution in [0.25, 0.3) is 0 Å². The van der Waals surface area contributed by atoms with Gasteiger partial charge in [0.2, 0.25) is 5.91 Å². The number of amides is 1. The molecular weight excluding hydrogens is 465 g/mol. The molecule has 28 heavy (non-hydrogen) atoms. The third-order valence-electron chi connectivity index (χ3n) is 4.51. The van der Waals surface area contributed by atoms with Crippen molar-refractivity contribution in [3.05, 3.63) is 47.5 Å². The summed E-state index contributed by atoms with van der Waals surface area (Å²) in [5.74, 6) is 0.625. The van der Waals surface area contributed by atoms with E-state index in [2.05, 4.69) is 51.4 Å². The second kappa shape index (κ2) is 12.8. The molecule has 0 radical (unpaired) electrons. The molecule has 1 aromatic carbocycles. The van der Waals surface area contributed by atoms with Crippen molar-refractivity contribution >= 4 is 35.8 Å². The van der Waals surface area contributed by atoms with Gasteiger partial charge in [-0.05, 0) is 44.0 Å². The lowest BCUT2D eigenvalue weighted by Crippen LogP contribution is -2.43. The Morgan fingerprint density at radius 3 is 2.25 bits per heavy atom. The molecule has 1 heterocycles. The van der Waals surface area contributed by atoms with Crippen LogP contribution in [0, 0.1) is 0 Å². The number of carbonyl (C=O) groups is 1. The van der Waals surface area contributed by atoms with Gasteiger partial charge in [0.15, 0.2) is 5.96 Å². The average molecular weight is 499 g/mol. The van der Waals surface area contributed by atoms with E-state index in [-0.39, 0.29) is 36.4 Å². The number of benzene rings is 1. The maximum absolute atomic E-state index is 11.8. The molecule has 1 aromatic rings. The van der Waals surface area contributed by atoms with Crippen molar-refractivity contribution in [2.24, 2.45) is 4.99 Å². The predicted octanol–water partition coefficient (Wildman–Crippen LogP) is 2.60. The summed E-state index contributed by atoms with van der Waals surface area (Å²) in [5.41, 5.74) is 3.50. The lowest BCUT2D eigenvalue weighted by molar-refractivity contribution is -0.127. The number of nitrogens with one attached hydrogen (secondary N) is 2. The van der Waals surface area contributed by atoms with Gasteiger partial charge in [0.1, 0.15) is 0 Å². The molecule has 1 amide bonds. The fraction of sp³-hybridized carbons (Fsp3) is 0.524. The first-order chi connectivity index (χ1) is 12.9. The lowest BCUT2D eigenvalue weighted by atomic mass is 10.1. The zero-order valence-electron chi connectivity index (χ0n) is 17.3. The van der Waals surface area contributed by atoms with Crippen molar-refractivity contribution in [3.63, 3.8) is 0 Å². The third kappa shape index (κ3) is 9.05. The Hall–Kier alpha value is -1.61. The number of nitrogens with zero attached hydrogens (tertiary/aromatic N) is 3. The molecule has 0 aromatic heterocycles. The summed E-state index contributed by atoms with van der Waals surface area (Å²) >= 11 is 0. The first kappa shape index (κ1) is 24.4. The van der Waals surface area contributed by atoms with E-state index in [9.17, 15) is 4.79 Å². The Morgan fingerprint density at radius 2 is 1.68 bits per heavy atom. The highest BCUT2D eigenvalue weighted by Gasteiger charge is 2.11. The maximum Gasteiger partial charge on any atom is 0.241 e. The highest BCUT2D eigenvalue weighted by atomic mass is 127. The Kier molecular flexibility index (Phi) is 11.1.